The van der Waals surface area contributed by atoms with Gasteiger partial charge in [-0.3, -0.25) is 0 Å². The van der Waals surface area contributed by atoms with Crippen molar-refractivity contribution >= 4 is 11.8 Å². The van der Waals surface area contributed by atoms with Gasteiger partial charge in [0.1, 0.15) is 5.75 Å². The van der Waals surface area contributed by atoms with Crippen LogP contribution in [-0.4, -0.2) is 27.0 Å². The molecular formula is C21H23NO3. The van der Waals surface area contributed by atoms with Gasteiger partial charge in [-0.05, 0) is 55.8 Å². The number of hydrogen-bond donors (Lipinski definition) is 0. The molecular weight excluding hydrogens is 314 g/mol. The van der Waals surface area contributed by atoms with Crippen LogP contribution in [0.25, 0.3) is 6.08 Å². The van der Waals surface area contributed by atoms with Gasteiger partial charge in [-0.25, -0.2) is 0 Å². The molecule has 0 unspecified atom stereocenters. The van der Waals surface area contributed by atoms with Crippen molar-refractivity contribution in [2.75, 3.05) is 26.2 Å². The van der Waals surface area contributed by atoms with Crippen molar-refractivity contribution in [1.29, 1.82) is 0 Å². The average molecular weight is 337 g/mol. The van der Waals surface area contributed by atoms with E-state index in [-0.39, 0.29) is 5.41 Å². The van der Waals surface area contributed by atoms with Gasteiger partial charge in [0.25, 0.3) is 0 Å². The third kappa shape index (κ3) is 1.94. The molecule has 0 saturated carbocycles. The molecule has 25 heavy (non-hydrogen) atoms. The van der Waals surface area contributed by atoms with E-state index in [4.69, 9.17) is 14.2 Å². The third-order valence-electron chi connectivity index (χ3n) is 5.61. The summed E-state index contributed by atoms with van der Waals surface area (Å²) < 4.78 is 17.6. The Bertz CT molecular complexity index is 871. The highest BCUT2D eigenvalue weighted by molar-refractivity contribution is 5.74. The van der Waals surface area contributed by atoms with Gasteiger partial charge in [-0.15, -0.1) is 0 Å². The Balaban J connectivity index is 1.89. The maximum atomic E-state index is 6.66. The lowest BCUT2D eigenvalue weighted by molar-refractivity contribution is 0.0551. The topological polar surface area (TPSA) is 30.9 Å². The Kier molecular flexibility index (Phi) is 3.29. The van der Waals surface area contributed by atoms with Crippen LogP contribution in [0.1, 0.15) is 25.0 Å². The molecule has 0 aromatic heterocycles. The molecule has 1 spiro atoms. The van der Waals surface area contributed by atoms with Crippen molar-refractivity contribution in [2.24, 2.45) is 0 Å². The van der Waals surface area contributed by atoms with Gasteiger partial charge in [-0.2, -0.15) is 0 Å². The fraction of sp³-hybridized carbons (Fsp3) is 0.333. The Labute approximate surface area is 148 Å². The number of ether oxygens (including phenoxy) is 3. The highest BCUT2D eigenvalue weighted by atomic mass is 16.5. The summed E-state index contributed by atoms with van der Waals surface area (Å²) in [5.74, 6) is 2.39. The first kappa shape index (κ1) is 15.9. The fourth-order valence-corrected chi connectivity index (χ4v) is 4.07. The Morgan fingerprint density at radius 3 is 2.56 bits per heavy atom. The van der Waals surface area contributed by atoms with Crippen LogP contribution in [0, 0.1) is 0 Å². The van der Waals surface area contributed by atoms with Crippen LogP contribution in [0.2, 0.25) is 0 Å². The van der Waals surface area contributed by atoms with Crippen molar-refractivity contribution in [3.05, 3.63) is 53.6 Å². The normalized spacial score (nSPS) is 22.4. The number of fused-ring (bicyclic) bond motifs is 2. The van der Waals surface area contributed by atoms with Gasteiger partial charge in [0.2, 0.25) is 5.72 Å². The second-order valence-electron chi connectivity index (χ2n) is 7.08. The van der Waals surface area contributed by atoms with E-state index in [0.29, 0.717) is 0 Å². The predicted octanol–water partition coefficient (Wildman–Crippen LogP) is 4.23. The van der Waals surface area contributed by atoms with Crippen LogP contribution in [-0.2, 0) is 5.41 Å². The summed E-state index contributed by atoms with van der Waals surface area (Å²) >= 11 is 0. The van der Waals surface area contributed by atoms with Gasteiger partial charge in [-0.1, -0.05) is 12.1 Å². The third-order valence-corrected chi connectivity index (χ3v) is 5.61. The summed E-state index contributed by atoms with van der Waals surface area (Å²) in [6.45, 7) is 4.42. The molecule has 0 radical (unpaired) electrons. The first-order chi connectivity index (χ1) is 11.9. The molecule has 0 aliphatic carbocycles. The van der Waals surface area contributed by atoms with Crippen molar-refractivity contribution < 1.29 is 14.2 Å². The van der Waals surface area contributed by atoms with E-state index in [1.807, 2.05) is 24.3 Å². The van der Waals surface area contributed by atoms with E-state index in [1.165, 1.54) is 5.56 Å². The lowest BCUT2D eigenvalue weighted by atomic mass is 9.76. The van der Waals surface area contributed by atoms with Crippen LogP contribution in [0.5, 0.6) is 17.2 Å². The number of benzene rings is 2. The monoisotopic (exact) mass is 337 g/mol. The zero-order chi connectivity index (χ0) is 17.8. The molecule has 4 nitrogen and oxygen atoms in total. The molecule has 0 N–H and O–H groups in total. The maximum Gasteiger partial charge on any atom is 0.212 e. The molecule has 0 saturated heterocycles. The first-order valence-corrected chi connectivity index (χ1v) is 8.42. The lowest BCUT2D eigenvalue weighted by Crippen LogP contribution is -2.58. The lowest BCUT2D eigenvalue weighted by Gasteiger charge is -2.46. The Morgan fingerprint density at radius 1 is 1.04 bits per heavy atom. The number of para-hydroxylation sites is 1. The molecule has 0 bridgehead atoms. The molecule has 0 amide bonds. The van der Waals surface area contributed by atoms with Gasteiger partial charge >= 0.3 is 0 Å². The van der Waals surface area contributed by atoms with E-state index in [2.05, 4.69) is 50.1 Å². The van der Waals surface area contributed by atoms with Crippen LogP contribution >= 0.6 is 0 Å². The highest BCUT2D eigenvalue weighted by Crippen LogP contribution is 2.55. The molecule has 2 aromatic rings. The fourth-order valence-electron chi connectivity index (χ4n) is 4.07. The van der Waals surface area contributed by atoms with Gasteiger partial charge in [0, 0.05) is 18.3 Å². The highest BCUT2D eigenvalue weighted by Gasteiger charge is 2.58. The largest absolute Gasteiger partial charge is 0.497 e. The second kappa shape index (κ2) is 5.19. The summed E-state index contributed by atoms with van der Waals surface area (Å²) in [6.07, 6.45) is 4.28. The SMILES string of the molecule is COc1ccc2c(c1)C(C)(C)[C@]1(C=Cc3cccc(OC)c3O1)N2C. The Morgan fingerprint density at radius 2 is 1.84 bits per heavy atom. The standard InChI is InChI=1S/C21H23NO3/c1-20(2)16-13-15(23-4)9-10-17(16)22(3)21(20)12-11-14-7-6-8-18(24-5)19(14)25-21/h6-13H,1-5H3/t21-/m1/s1. The van der Waals surface area contributed by atoms with Crippen LogP contribution in [0.4, 0.5) is 5.69 Å². The summed E-state index contributed by atoms with van der Waals surface area (Å²) in [6, 6.07) is 12.1. The van der Waals surface area contributed by atoms with Crippen LogP contribution < -0.4 is 19.1 Å². The summed E-state index contributed by atoms with van der Waals surface area (Å²) in [5.41, 5.74) is 2.48. The van der Waals surface area contributed by atoms with E-state index in [9.17, 15) is 0 Å². The Hall–Kier alpha value is -2.62. The quantitative estimate of drug-likeness (QED) is 0.820. The minimum atomic E-state index is -0.622. The van der Waals surface area contributed by atoms with Crippen molar-refractivity contribution in [3.8, 4) is 17.2 Å². The smallest absolute Gasteiger partial charge is 0.212 e. The van der Waals surface area contributed by atoms with E-state index in [1.54, 1.807) is 14.2 Å². The van der Waals surface area contributed by atoms with Crippen molar-refractivity contribution in [1.82, 2.24) is 0 Å². The molecule has 4 rings (SSSR count). The molecule has 2 aliphatic heterocycles. The number of hydrogen-bond acceptors (Lipinski definition) is 4. The first-order valence-electron chi connectivity index (χ1n) is 8.42. The number of anilines is 1. The van der Waals surface area contributed by atoms with E-state index >= 15 is 0 Å². The molecule has 4 heteroatoms. The molecule has 2 aliphatic rings. The molecule has 2 heterocycles. The minimum absolute atomic E-state index is 0.277. The van der Waals surface area contributed by atoms with E-state index in [0.717, 1.165) is 28.5 Å². The minimum Gasteiger partial charge on any atom is -0.497 e. The van der Waals surface area contributed by atoms with Gasteiger partial charge in [0.15, 0.2) is 11.5 Å². The number of nitrogens with zero attached hydrogens (tertiary/aromatic N) is 1. The molecule has 2 aromatic carbocycles. The van der Waals surface area contributed by atoms with Gasteiger partial charge < -0.3 is 19.1 Å². The maximum absolute atomic E-state index is 6.66. The van der Waals surface area contributed by atoms with Crippen molar-refractivity contribution in [2.45, 2.75) is 25.0 Å². The van der Waals surface area contributed by atoms with Crippen molar-refractivity contribution in [3.63, 3.8) is 0 Å². The summed E-state index contributed by atoms with van der Waals surface area (Å²) in [5, 5.41) is 0. The van der Waals surface area contributed by atoms with Gasteiger partial charge in [0.05, 0.1) is 19.6 Å². The van der Waals surface area contributed by atoms with Crippen LogP contribution in [0.3, 0.4) is 0 Å². The second-order valence-corrected chi connectivity index (χ2v) is 7.08. The average Bonchev–Trinajstić information content (AvgIpc) is 2.79. The number of methoxy groups -OCH3 is 2. The predicted molar refractivity (Wildman–Crippen MR) is 99.8 cm³/mol. The zero-order valence-electron chi connectivity index (χ0n) is 15.3. The molecule has 130 valence electrons. The van der Waals surface area contributed by atoms with Crippen LogP contribution in [0.15, 0.2) is 42.5 Å². The molecule has 1 atom stereocenters. The number of rotatable bonds is 2. The summed E-state index contributed by atoms with van der Waals surface area (Å²) in [4.78, 5) is 2.20. The number of likely N-dealkylation sites (N-methyl/N-ethyl adjacent to an activating group) is 1. The zero-order valence-corrected chi connectivity index (χ0v) is 15.3. The van der Waals surface area contributed by atoms with E-state index < -0.39 is 5.72 Å². The molecule has 0 fully saturated rings. The summed E-state index contributed by atoms with van der Waals surface area (Å²) in [7, 11) is 5.44.